The van der Waals surface area contributed by atoms with Crippen LogP contribution in [0.5, 0.6) is 0 Å². The monoisotopic (exact) mass is 354 g/mol. The van der Waals surface area contributed by atoms with Crippen molar-refractivity contribution >= 4 is 9.84 Å². The molecule has 2 rings (SSSR count). The van der Waals surface area contributed by atoms with Crippen molar-refractivity contribution in [3.63, 3.8) is 0 Å². The van der Waals surface area contributed by atoms with E-state index in [-0.39, 0.29) is 5.75 Å². The van der Waals surface area contributed by atoms with Gasteiger partial charge in [0.25, 0.3) is 0 Å². The molecule has 132 valence electrons. The van der Waals surface area contributed by atoms with E-state index in [1.807, 2.05) is 25.1 Å². The largest absolute Gasteiger partial charge is 0.223 e. The highest BCUT2D eigenvalue weighted by Gasteiger charge is 2.11. The van der Waals surface area contributed by atoms with Crippen LogP contribution in [0, 0.1) is 0 Å². The maximum atomic E-state index is 12.3. The van der Waals surface area contributed by atoms with Gasteiger partial charge in [0, 0.05) is 0 Å². The maximum absolute atomic E-state index is 12.3. The first-order valence-electron chi connectivity index (χ1n) is 8.60. The summed E-state index contributed by atoms with van der Waals surface area (Å²) in [4.78, 5) is 0.387. The van der Waals surface area contributed by atoms with Gasteiger partial charge in [0.2, 0.25) is 0 Å². The van der Waals surface area contributed by atoms with Crippen molar-refractivity contribution in [3.05, 3.63) is 89.5 Å². The molecule has 2 aromatic rings. The molecule has 2 aromatic carbocycles. The van der Waals surface area contributed by atoms with Crippen LogP contribution in [0.3, 0.4) is 0 Å². The molecule has 0 saturated heterocycles. The summed E-state index contributed by atoms with van der Waals surface area (Å²) < 4.78 is 24.5. The number of rotatable bonds is 8. The van der Waals surface area contributed by atoms with Crippen LogP contribution in [0.1, 0.15) is 32.3 Å². The SMILES string of the molecule is C/C(=C\CS(=O)(=O)c1ccccc1)CC/C=C(\C)Cc1ccccc1. The van der Waals surface area contributed by atoms with Crippen molar-refractivity contribution in [1.82, 2.24) is 0 Å². The normalized spacial score (nSPS) is 13.0. The molecule has 0 aliphatic carbocycles. The smallest absolute Gasteiger partial charge is 0.181 e. The van der Waals surface area contributed by atoms with Crippen LogP contribution in [-0.2, 0) is 16.3 Å². The molecule has 2 nitrogen and oxygen atoms in total. The molecule has 25 heavy (non-hydrogen) atoms. The Hall–Kier alpha value is -2.13. The summed E-state index contributed by atoms with van der Waals surface area (Å²) in [6, 6.07) is 19.0. The van der Waals surface area contributed by atoms with Gasteiger partial charge in [-0.05, 0) is 50.8 Å². The van der Waals surface area contributed by atoms with Crippen LogP contribution >= 0.6 is 0 Å². The molecule has 0 aliphatic rings. The minimum Gasteiger partial charge on any atom is -0.223 e. The van der Waals surface area contributed by atoms with E-state index in [0.717, 1.165) is 24.8 Å². The molecule has 0 aromatic heterocycles. The summed E-state index contributed by atoms with van der Waals surface area (Å²) >= 11 is 0. The van der Waals surface area contributed by atoms with Crippen molar-refractivity contribution in [2.45, 2.75) is 38.0 Å². The van der Waals surface area contributed by atoms with Gasteiger partial charge in [-0.25, -0.2) is 8.42 Å². The second-order valence-electron chi connectivity index (χ2n) is 6.40. The van der Waals surface area contributed by atoms with Gasteiger partial charge < -0.3 is 0 Å². The zero-order valence-electron chi connectivity index (χ0n) is 15.0. The summed E-state index contributed by atoms with van der Waals surface area (Å²) in [6.45, 7) is 4.15. The lowest BCUT2D eigenvalue weighted by Gasteiger charge is -2.04. The average molecular weight is 355 g/mol. The van der Waals surface area contributed by atoms with Crippen LogP contribution < -0.4 is 0 Å². The molecular weight excluding hydrogens is 328 g/mol. The van der Waals surface area contributed by atoms with Gasteiger partial charge in [0.05, 0.1) is 10.6 Å². The van der Waals surface area contributed by atoms with E-state index in [4.69, 9.17) is 0 Å². The number of benzene rings is 2. The Morgan fingerprint density at radius 1 is 0.840 bits per heavy atom. The first-order chi connectivity index (χ1) is 12.0. The molecule has 0 radical (unpaired) electrons. The standard InChI is InChI=1S/C22H26O2S/c1-19(16-17-25(23,24)22-14-7-4-8-15-22)10-9-11-20(2)18-21-12-5-3-6-13-21/h3-8,11-16H,9-10,17-18H2,1-2H3/b19-16+,20-11+. The zero-order valence-corrected chi connectivity index (χ0v) is 15.8. The van der Waals surface area contributed by atoms with Gasteiger partial charge in [-0.1, -0.05) is 71.8 Å². The van der Waals surface area contributed by atoms with Crippen molar-refractivity contribution in [2.24, 2.45) is 0 Å². The molecule has 0 fully saturated rings. The minimum atomic E-state index is -3.23. The zero-order chi connectivity index (χ0) is 18.1. The van der Waals surface area contributed by atoms with Crippen LogP contribution in [0.15, 0.2) is 88.9 Å². The van der Waals surface area contributed by atoms with E-state index in [1.165, 1.54) is 11.1 Å². The highest BCUT2D eigenvalue weighted by atomic mass is 32.2. The quantitative estimate of drug-likeness (QED) is 0.597. The number of sulfone groups is 1. The number of hydrogen-bond acceptors (Lipinski definition) is 2. The van der Waals surface area contributed by atoms with E-state index in [1.54, 1.807) is 24.3 Å². The first kappa shape index (κ1) is 19.2. The molecule has 0 amide bonds. The lowest BCUT2D eigenvalue weighted by Crippen LogP contribution is -2.04. The lowest BCUT2D eigenvalue weighted by atomic mass is 10.0. The van der Waals surface area contributed by atoms with Crippen LogP contribution in [0.25, 0.3) is 0 Å². The molecule has 0 aliphatic heterocycles. The first-order valence-corrected chi connectivity index (χ1v) is 10.3. The Kier molecular flexibility index (Phi) is 7.20. The van der Waals surface area contributed by atoms with E-state index in [9.17, 15) is 8.42 Å². The third kappa shape index (κ3) is 6.71. The molecule has 0 atom stereocenters. The third-order valence-electron chi connectivity index (χ3n) is 4.11. The van der Waals surface area contributed by atoms with Gasteiger partial charge >= 0.3 is 0 Å². The Balaban J connectivity index is 1.84. The topological polar surface area (TPSA) is 34.1 Å². The van der Waals surface area contributed by atoms with Gasteiger partial charge in [0.1, 0.15) is 0 Å². The van der Waals surface area contributed by atoms with E-state index in [2.05, 4.69) is 37.3 Å². The van der Waals surface area contributed by atoms with E-state index in [0.29, 0.717) is 4.90 Å². The summed E-state index contributed by atoms with van der Waals surface area (Å²) in [5, 5.41) is 0. The van der Waals surface area contributed by atoms with Gasteiger partial charge in [-0.15, -0.1) is 0 Å². The summed E-state index contributed by atoms with van der Waals surface area (Å²) in [6.07, 6.45) is 6.87. The number of hydrogen-bond donors (Lipinski definition) is 0. The van der Waals surface area contributed by atoms with Gasteiger partial charge in [-0.3, -0.25) is 0 Å². The minimum absolute atomic E-state index is 0.0650. The molecule has 3 heteroatoms. The van der Waals surface area contributed by atoms with Crippen molar-refractivity contribution in [1.29, 1.82) is 0 Å². The van der Waals surface area contributed by atoms with Crippen molar-refractivity contribution in [2.75, 3.05) is 5.75 Å². The number of allylic oxidation sites excluding steroid dienone is 3. The molecule has 0 N–H and O–H groups in total. The molecule has 0 heterocycles. The highest BCUT2D eigenvalue weighted by molar-refractivity contribution is 7.91. The van der Waals surface area contributed by atoms with Gasteiger partial charge in [-0.2, -0.15) is 0 Å². The molecule has 0 unspecified atom stereocenters. The fourth-order valence-electron chi connectivity index (χ4n) is 2.61. The summed E-state index contributed by atoms with van der Waals surface area (Å²) in [5.41, 5.74) is 3.77. The average Bonchev–Trinajstić information content (AvgIpc) is 2.62. The van der Waals surface area contributed by atoms with Crippen LogP contribution in [0.4, 0.5) is 0 Å². The van der Waals surface area contributed by atoms with E-state index < -0.39 is 9.84 Å². The maximum Gasteiger partial charge on any atom is 0.181 e. The van der Waals surface area contributed by atoms with E-state index >= 15 is 0 Å². The fraction of sp³-hybridized carbons (Fsp3) is 0.273. The van der Waals surface area contributed by atoms with Crippen LogP contribution in [0.2, 0.25) is 0 Å². The molecule has 0 bridgehead atoms. The Morgan fingerprint density at radius 3 is 2.08 bits per heavy atom. The second kappa shape index (κ2) is 9.38. The fourth-order valence-corrected chi connectivity index (χ4v) is 3.88. The Labute approximate surface area is 151 Å². The highest BCUT2D eigenvalue weighted by Crippen LogP contribution is 2.14. The molecular formula is C22H26O2S. The Bertz CT molecular complexity index is 817. The third-order valence-corrected chi connectivity index (χ3v) is 5.71. The molecule has 0 saturated carbocycles. The predicted octanol–water partition coefficient (Wildman–Crippen LogP) is 5.38. The predicted molar refractivity (Wildman–Crippen MR) is 105 cm³/mol. The Morgan fingerprint density at radius 2 is 1.44 bits per heavy atom. The van der Waals surface area contributed by atoms with Gasteiger partial charge in [0.15, 0.2) is 9.84 Å². The van der Waals surface area contributed by atoms with Crippen molar-refractivity contribution in [3.8, 4) is 0 Å². The summed E-state index contributed by atoms with van der Waals surface area (Å²) in [7, 11) is -3.23. The van der Waals surface area contributed by atoms with Crippen molar-refractivity contribution < 1.29 is 8.42 Å². The lowest BCUT2D eigenvalue weighted by molar-refractivity contribution is 0.599. The molecule has 0 spiro atoms. The second-order valence-corrected chi connectivity index (χ2v) is 8.43. The van der Waals surface area contributed by atoms with Crippen LogP contribution in [-0.4, -0.2) is 14.2 Å². The summed E-state index contributed by atoms with van der Waals surface area (Å²) in [5.74, 6) is 0.0650.